The normalized spacial score (nSPS) is 13.6. The number of hydroxylamine groups is 4. The van der Waals surface area contributed by atoms with E-state index < -0.39 is 0 Å². The molecule has 0 radical (unpaired) electrons. The molecule has 0 saturated heterocycles. The maximum absolute atomic E-state index is 6.22. The van der Waals surface area contributed by atoms with Crippen molar-refractivity contribution in [2.75, 3.05) is 20.3 Å². The van der Waals surface area contributed by atoms with E-state index in [4.69, 9.17) is 9.68 Å². The van der Waals surface area contributed by atoms with Crippen molar-refractivity contribution in [3.05, 3.63) is 35.4 Å². The van der Waals surface area contributed by atoms with E-state index in [0.717, 1.165) is 32.5 Å². The van der Waals surface area contributed by atoms with E-state index in [1.165, 1.54) is 68.9 Å². The predicted molar refractivity (Wildman–Crippen MR) is 115 cm³/mol. The number of quaternary nitrogens is 1. The van der Waals surface area contributed by atoms with Crippen LogP contribution in [0.2, 0.25) is 0 Å². The summed E-state index contributed by atoms with van der Waals surface area (Å²) in [5, 5.41) is 0. The number of unbranched alkanes of at least 4 members (excludes halogenated alkanes) is 9. The molecule has 1 atom stereocenters. The van der Waals surface area contributed by atoms with Crippen molar-refractivity contribution in [1.29, 1.82) is 0 Å². The molecule has 0 saturated carbocycles. The van der Waals surface area contributed by atoms with Gasteiger partial charge in [0.25, 0.3) is 0 Å². The highest BCUT2D eigenvalue weighted by molar-refractivity contribution is 5.26. The second kappa shape index (κ2) is 15.1. The summed E-state index contributed by atoms with van der Waals surface area (Å²) in [6, 6.07) is 8.62. The Morgan fingerprint density at radius 1 is 0.741 bits per heavy atom. The number of hydrogen-bond donors (Lipinski definition) is 0. The van der Waals surface area contributed by atoms with Gasteiger partial charge in [0.15, 0.2) is 6.54 Å². The monoisotopic (exact) mass is 378 g/mol. The van der Waals surface area contributed by atoms with E-state index in [0.29, 0.717) is 0 Å². The van der Waals surface area contributed by atoms with Crippen molar-refractivity contribution < 1.29 is 14.5 Å². The fourth-order valence-corrected chi connectivity index (χ4v) is 3.63. The van der Waals surface area contributed by atoms with E-state index in [9.17, 15) is 0 Å². The van der Waals surface area contributed by atoms with E-state index in [2.05, 4.69) is 45.0 Å². The van der Waals surface area contributed by atoms with Crippen LogP contribution in [0.3, 0.4) is 0 Å². The average Bonchev–Trinajstić information content (AvgIpc) is 2.71. The molecule has 0 bridgehead atoms. The Kier molecular flexibility index (Phi) is 13.5. The number of benzene rings is 1. The van der Waals surface area contributed by atoms with Crippen LogP contribution in [0, 0.1) is 0 Å². The van der Waals surface area contributed by atoms with E-state index >= 15 is 0 Å². The van der Waals surface area contributed by atoms with Crippen LogP contribution in [0.15, 0.2) is 24.3 Å². The lowest BCUT2D eigenvalue weighted by Gasteiger charge is -2.31. The Balaban J connectivity index is 2.26. The average molecular weight is 379 g/mol. The van der Waals surface area contributed by atoms with Gasteiger partial charge in [0.2, 0.25) is 0 Å². The number of rotatable bonds is 17. The second-order valence-corrected chi connectivity index (χ2v) is 7.61. The molecule has 27 heavy (non-hydrogen) atoms. The maximum atomic E-state index is 6.22. The summed E-state index contributed by atoms with van der Waals surface area (Å²) in [7, 11) is 1.76. The third-order valence-corrected chi connectivity index (χ3v) is 5.55. The fraction of sp³-hybridized carbons (Fsp3) is 0.750. The summed E-state index contributed by atoms with van der Waals surface area (Å²) in [5.41, 5.74) is 2.71. The van der Waals surface area contributed by atoms with Crippen molar-refractivity contribution in [1.82, 2.24) is 0 Å². The number of aryl methyl sites for hydroxylation is 1. The van der Waals surface area contributed by atoms with Crippen LogP contribution in [0.4, 0.5) is 0 Å². The minimum absolute atomic E-state index is 0.258. The zero-order chi connectivity index (χ0) is 19.8. The number of hydrogen-bond acceptors (Lipinski definition) is 2. The van der Waals surface area contributed by atoms with Crippen molar-refractivity contribution in [2.24, 2.45) is 0 Å². The van der Waals surface area contributed by atoms with Crippen LogP contribution in [0.25, 0.3) is 0 Å². The van der Waals surface area contributed by atoms with Crippen molar-refractivity contribution in [2.45, 2.75) is 97.9 Å². The Hall–Kier alpha value is -0.900. The first-order valence-corrected chi connectivity index (χ1v) is 11.4. The van der Waals surface area contributed by atoms with E-state index in [-0.39, 0.29) is 4.81 Å². The van der Waals surface area contributed by atoms with Gasteiger partial charge < -0.3 is 0 Å². The van der Waals surface area contributed by atoms with E-state index in [1.54, 1.807) is 7.11 Å². The molecule has 0 aliphatic heterocycles. The summed E-state index contributed by atoms with van der Waals surface area (Å²) < 4.78 is 0. The minimum atomic E-state index is 0.258. The highest BCUT2D eigenvalue weighted by Gasteiger charge is 2.30. The largest absolute Gasteiger partial charge is 0.171 e. The van der Waals surface area contributed by atoms with Gasteiger partial charge in [0, 0.05) is 5.56 Å². The molecule has 1 aromatic rings. The molecule has 0 spiro atoms. The Labute approximate surface area is 168 Å². The summed E-state index contributed by atoms with van der Waals surface area (Å²) in [5.74, 6) is 0. The molecule has 0 heterocycles. The van der Waals surface area contributed by atoms with Gasteiger partial charge in [0.05, 0.1) is 7.11 Å². The molecule has 0 amide bonds. The third-order valence-electron chi connectivity index (χ3n) is 5.55. The topological polar surface area (TPSA) is 18.5 Å². The van der Waals surface area contributed by atoms with Crippen LogP contribution in [-0.2, 0) is 22.6 Å². The first kappa shape index (κ1) is 24.1. The predicted octanol–water partition coefficient (Wildman–Crippen LogP) is 7.00. The molecule has 1 rings (SSSR count). The van der Waals surface area contributed by atoms with Crippen LogP contribution >= 0.6 is 0 Å². The van der Waals surface area contributed by atoms with Gasteiger partial charge in [-0.2, -0.15) is 9.68 Å². The second-order valence-electron chi connectivity index (χ2n) is 7.61. The van der Waals surface area contributed by atoms with Gasteiger partial charge in [-0.1, -0.05) is 95.9 Å². The molecule has 156 valence electrons. The Bertz CT molecular complexity index is 471. The molecule has 3 heteroatoms. The minimum Gasteiger partial charge on any atom is -0.171 e. The van der Waals surface area contributed by atoms with Crippen LogP contribution in [-0.4, -0.2) is 25.1 Å². The third kappa shape index (κ3) is 9.73. The Morgan fingerprint density at radius 3 is 1.81 bits per heavy atom. The molecular weight excluding hydrogens is 334 g/mol. The number of nitrogens with zero attached hydrogens (tertiary/aromatic N) is 1. The summed E-state index contributed by atoms with van der Waals surface area (Å²) in [6.45, 7) is 8.97. The first-order chi connectivity index (χ1) is 13.2. The van der Waals surface area contributed by atoms with Crippen molar-refractivity contribution >= 4 is 0 Å². The van der Waals surface area contributed by atoms with E-state index in [1.807, 2.05) is 0 Å². The Morgan fingerprint density at radius 2 is 1.30 bits per heavy atom. The van der Waals surface area contributed by atoms with Crippen LogP contribution in [0.5, 0.6) is 0 Å². The van der Waals surface area contributed by atoms with Crippen molar-refractivity contribution in [3.8, 4) is 0 Å². The van der Waals surface area contributed by atoms with Gasteiger partial charge in [-0.25, -0.2) is 0 Å². The molecule has 0 aliphatic carbocycles. The molecule has 3 nitrogen and oxygen atoms in total. The molecule has 0 fully saturated rings. The summed E-state index contributed by atoms with van der Waals surface area (Å²) in [6.07, 6.45) is 14.5. The van der Waals surface area contributed by atoms with Crippen LogP contribution < -0.4 is 0 Å². The SMILES string of the molecule is CCCCCCCCCCCCO[N+](CC)(Cc1ccccc1CC)OC. The maximum Gasteiger partial charge on any atom is 0.168 e. The molecular formula is C24H44NO2+. The van der Waals surface area contributed by atoms with Gasteiger partial charge in [-0.15, -0.1) is 0 Å². The quantitative estimate of drug-likeness (QED) is 0.165. The summed E-state index contributed by atoms with van der Waals surface area (Å²) in [4.78, 5) is 12.3. The highest BCUT2D eigenvalue weighted by atomic mass is 17.0. The van der Waals surface area contributed by atoms with Gasteiger partial charge in [-0.3, -0.25) is 0 Å². The molecule has 0 aromatic heterocycles. The molecule has 0 N–H and O–H groups in total. The lowest BCUT2D eigenvalue weighted by molar-refractivity contribution is -1.25. The summed E-state index contributed by atoms with van der Waals surface area (Å²) >= 11 is 0. The lowest BCUT2D eigenvalue weighted by atomic mass is 10.1. The van der Waals surface area contributed by atoms with Gasteiger partial charge >= 0.3 is 0 Å². The van der Waals surface area contributed by atoms with Crippen LogP contribution in [0.1, 0.15) is 96.1 Å². The molecule has 1 unspecified atom stereocenters. The zero-order valence-electron chi connectivity index (χ0n) is 18.5. The van der Waals surface area contributed by atoms with Gasteiger partial charge in [0.1, 0.15) is 13.2 Å². The smallest absolute Gasteiger partial charge is 0.168 e. The lowest BCUT2D eigenvalue weighted by Crippen LogP contribution is -2.46. The first-order valence-electron chi connectivity index (χ1n) is 11.4. The zero-order valence-corrected chi connectivity index (χ0v) is 18.5. The standard InChI is InChI=1S/C24H44NO2/c1-5-8-9-10-11-12-13-14-15-18-21-27-25(7-3,26-4)22-24-20-17-16-19-23(24)6-2/h16-17,19-20H,5-15,18,21-22H2,1-4H3/q+1. The van der Waals surface area contributed by atoms with Gasteiger partial charge in [-0.05, 0) is 30.1 Å². The molecule has 1 aromatic carbocycles. The molecule has 0 aliphatic rings. The highest BCUT2D eigenvalue weighted by Crippen LogP contribution is 2.20. The van der Waals surface area contributed by atoms with Crippen molar-refractivity contribution in [3.63, 3.8) is 0 Å². The fourth-order valence-electron chi connectivity index (χ4n) is 3.63.